The third kappa shape index (κ3) is 5.33. The Morgan fingerprint density at radius 1 is 0.923 bits per heavy atom. The lowest BCUT2D eigenvalue weighted by Gasteiger charge is -2.34. The molecular weight excluding hydrogens is 558 g/mol. The van der Waals surface area contributed by atoms with Gasteiger partial charge in [0.15, 0.2) is 11.9 Å². The number of hydrogen-bond donors (Lipinski definition) is 0. The van der Waals surface area contributed by atoms with E-state index in [9.17, 15) is 9.59 Å². The van der Waals surface area contributed by atoms with E-state index in [0.29, 0.717) is 19.3 Å². The number of benzene rings is 1. The first kappa shape index (κ1) is 20.4. The van der Waals surface area contributed by atoms with Gasteiger partial charge in [-0.3, -0.25) is 9.59 Å². The largest absolute Gasteiger partial charge is 0.480 e. The summed E-state index contributed by atoms with van der Waals surface area (Å²) in [5.41, 5.74) is -0.710. The predicted octanol–water partition coefficient (Wildman–Crippen LogP) is 5.28. The van der Waals surface area contributed by atoms with Gasteiger partial charge in [-0.2, -0.15) is 0 Å². The van der Waals surface area contributed by atoms with Crippen molar-refractivity contribution < 1.29 is 19.1 Å². The Morgan fingerprint density at radius 2 is 1.46 bits per heavy atom. The molecule has 142 valence electrons. The highest BCUT2D eigenvalue weighted by Gasteiger charge is 2.36. The lowest BCUT2D eigenvalue weighted by Crippen LogP contribution is -2.41. The smallest absolute Gasteiger partial charge is 0.314 e. The van der Waals surface area contributed by atoms with Crippen molar-refractivity contribution in [3.05, 3.63) is 24.3 Å². The monoisotopic (exact) mass is 582 g/mol. The van der Waals surface area contributed by atoms with Crippen LogP contribution in [0.15, 0.2) is 24.3 Å². The highest BCUT2D eigenvalue weighted by Crippen LogP contribution is 2.35. The van der Waals surface area contributed by atoms with Crippen LogP contribution >= 0.6 is 45.2 Å². The van der Waals surface area contributed by atoms with Crippen LogP contribution < -0.4 is 9.47 Å². The molecule has 1 aromatic carbocycles. The fourth-order valence-corrected chi connectivity index (χ4v) is 4.96. The molecule has 26 heavy (non-hydrogen) atoms. The molecule has 0 bridgehead atoms. The Labute approximate surface area is 182 Å². The average Bonchev–Trinajstić information content (AvgIpc) is 2.66. The van der Waals surface area contributed by atoms with E-state index >= 15 is 0 Å². The van der Waals surface area contributed by atoms with Crippen molar-refractivity contribution in [2.45, 2.75) is 64.8 Å². The van der Waals surface area contributed by atoms with Gasteiger partial charge in [0, 0.05) is 7.85 Å². The van der Waals surface area contributed by atoms with Crippen molar-refractivity contribution in [2.75, 3.05) is 0 Å². The van der Waals surface area contributed by atoms with Crippen LogP contribution in [-0.4, -0.2) is 25.7 Å². The van der Waals surface area contributed by atoms with Gasteiger partial charge in [0.25, 0.3) is 0 Å². The predicted molar refractivity (Wildman–Crippen MR) is 118 cm³/mol. The Balaban J connectivity index is 1.56. The zero-order valence-corrected chi connectivity index (χ0v) is 19.0. The number of aldehydes is 1. The first-order chi connectivity index (χ1) is 12.5. The van der Waals surface area contributed by atoms with Gasteiger partial charge in [-0.15, -0.1) is 0 Å². The Kier molecular flexibility index (Phi) is 7.21. The molecular formula is C20H24I2O4. The SMILES string of the molecule is O=CC1(Oc2ccc(OC(=O)C3CCC(I)CC3)cc2)CCC(I)CC1. The summed E-state index contributed by atoms with van der Waals surface area (Å²) in [6, 6.07) is 7.07. The van der Waals surface area contributed by atoms with Crippen molar-refractivity contribution >= 4 is 57.4 Å². The summed E-state index contributed by atoms with van der Waals surface area (Å²) in [7, 11) is 0. The van der Waals surface area contributed by atoms with E-state index in [1.54, 1.807) is 24.3 Å². The molecule has 0 saturated heterocycles. The standard InChI is InChI=1S/C20H24I2O4/c21-15-3-1-14(2-4-15)19(24)25-17-5-7-18(8-6-17)26-20(13-23)11-9-16(22)10-12-20/h5-8,13-16H,1-4,9-12H2. The fraction of sp³-hybridized carbons (Fsp3) is 0.600. The number of esters is 1. The van der Waals surface area contributed by atoms with Crippen molar-refractivity contribution in [1.29, 1.82) is 0 Å². The molecule has 3 rings (SSSR count). The van der Waals surface area contributed by atoms with Gasteiger partial charge < -0.3 is 9.47 Å². The molecule has 2 aliphatic rings. The van der Waals surface area contributed by atoms with Crippen LogP contribution in [-0.2, 0) is 9.59 Å². The number of carbonyl (C=O) groups is 2. The quantitative estimate of drug-likeness (QED) is 0.156. The molecule has 2 fully saturated rings. The zero-order valence-electron chi connectivity index (χ0n) is 14.7. The second-order valence-corrected chi connectivity index (χ2v) is 10.8. The van der Waals surface area contributed by atoms with Gasteiger partial charge in [-0.25, -0.2) is 0 Å². The molecule has 0 atom stereocenters. The summed E-state index contributed by atoms with van der Waals surface area (Å²) < 4.78 is 12.8. The van der Waals surface area contributed by atoms with Crippen LogP contribution in [0.4, 0.5) is 0 Å². The molecule has 0 amide bonds. The average molecular weight is 582 g/mol. The number of alkyl halides is 2. The maximum atomic E-state index is 12.3. The van der Waals surface area contributed by atoms with Gasteiger partial charge in [0.05, 0.1) is 5.92 Å². The van der Waals surface area contributed by atoms with Gasteiger partial charge in [-0.1, -0.05) is 45.2 Å². The number of hydrogen-bond acceptors (Lipinski definition) is 4. The third-order valence-electron chi connectivity index (χ3n) is 5.33. The summed E-state index contributed by atoms with van der Waals surface area (Å²) in [6.07, 6.45) is 8.43. The van der Waals surface area contributed by atoms with E-state index in [-0.39, 0.29) is 11.9 Å². The minimum atomic E-state index is -0.710. The van der Waals surface area contributed by atoms with E-state index in [1.165, 1.54) is 0 Å². The topological polar surface area (TPSA) is 52.6 Å². The number of halogens is 2. The van der Waals surface area contributed by atoms with Crippen molar-refractivity contribution in [3.63, 3.8) is 0 Å². The minimum Gasteiger partial charge on any atom is -0.480 e. The lowest BCUT2D eigenvalue weighted by atomic mass is 9.86. The van der Waals surface area contributed by atoms with Gasteiger partial charge in [0.2, 0.25) is 0 Å². The van der Waals surface area contributed by atoms with Crippen molar-refractivity contribution in [3.8, 4) is 11.5 Å². The second kappa shape index (κ2) is 9.21. The van der Waals surface area contributed by atoms with Crippen LogP contribution in [0.5, 0.6) is 11.5 Å². The second-order valence-electron chi connectivity index (χ2n) is 7.30. The maximum absolute atomic E-state index is 12.3. The Hall–Kier alpha value is -0.380. The van der Waals surface area contributed by atoms with Crippen LogP contribution in [0.2, 0.25) is 0 Å². The summed E-state index contributed by atoms with van der Waals surface area (Å²) in [5, 5.41) is 0. The Morgan fingerprint density at radius 3 is 2.04 bits per heavy atom. The van der Waals surface area contributed by atoms with Crippen LogP contribution in [0.3, 0.4) is 0 Å². The Bertz CT molecular complexity index is 615. The zero-order chi connectivity index (χ0) is 18.6. The molecule has 1 aromatic rings. The normalized spacial score (nSPS) is 31.8. The highest BCUT2D eigenvalue weighted by molar-refractivity contribution is 14.1. The molecule has 2 aliphatic carbocycles. The first-order valence-corrected chi connectivity index (χ1v) is 11.7. The van der Waals surface area contributed by atoms with Crippen LogP contribution in [0, 0.1) is 5.92 Å². The summed E-state index contributed by atoms with van der Waals surface area (Å²) in [6.45, 7) is 0. The third-order valence-corrected chi connectivity index (χ3v) is 7.82. The number of rotatable bonds is 5. The fourth-order valence-electron chi connectivity index (χ4n) is 3.61. The van der Waals surface area contributed by atoms with Crippen LogP contribution in [0.1, 0.15) is 51.4 Å². The molecule has 0 aromatic heterocycles. The van der Waals surface area contributed by atoms with E-state index in [1.807, 2.05) is 0 Å². The van der Waals surface area contributed by atoms with Crippen LogP contribution in [0.25, 0.3) is 0 Å². The molecule has 0 unspecified atom stereocenters. The molecule has 4 nitrogen and oxygen atoms in total. The molecule has 0 heterocycles. The summed E-state index contributed by atoms with van der Waals surface area (Å²) in [5.74, 6) is 1.06. The van der Waals surface area contributed by atoms with Crippen molar-refractivity contribution in [1.82, 2.24) is 0 Å². The maximum Gasteiger partial charge on any atom is 0.314 e. The van der Waals surface area contributed by atoms with Crippen molar-refractivity contribution in [2.24, 2.45) is 5.92 Å². The summed E-state index contributed by atoms with van der Waals surface area (Å²) >= 11 is 4.89. The highest BCUT2D eigenvalue weighted by atomic mass is 127. The molecule has 0 aliphatic heterocycles. The summed E-state index contributed by atoms with van der Waals surface area (Å²) in [4.78, 5) is 23.9. The van der Waals surface area contributed by atoms with E-state index in [0.717, 1.165) is 57.7 Å². The molecule has 2 saturated carbocycles. The number of ether oxygens (including phenoxy) is 2. The van der Waals surface area contributed by atoms with E-state index in [4.69, 9.17) is 9.47 Å². The van der Waals surface area contributed by atoms with Gasteiger partial charge in [-0.05, 0) is 75.6 Å². The van der Waals surface area contributed by atoms with E-state index < -0.39 is 5.60 Å². The minimum absolute atomic E-state index is 0.0127. The molecule has 0 radical (unpaired) electrons. The number of carbonyl (C=O) groups excluding carboxylic acids is 2. The molecule has 0 spiro atoms. The first-order valence-electron chi connectivity index (χ1n) is 9.25. The molecule has 0 N–H and O–H groups in total. The molecule has 6 heteroatoms. The van der Waals surface area contributed by atoms with Gasteiger partial charge in [0.1, 0.15) is 11.5 Å². The van der Waals surface area contributed by atoms with E-state index in [2.05, 4.69) is 45.2 Å². The lowest BCUT2D eigenvalue weighted by molar-refractivity contribution is -0.139. The van der Waals surface area contributed by atoms with Gasteiger partial charge >= 0.3 is 5.97 Å².